The Morgan fingerprint density at radius 1 is 1.25 bits per heavy atom. The lowest BCUT2D eigenvalue weighted by atomic mass is 9.66. The van der Waals surface area contributed by atoms with Crippen LogP contribution in [0.15, 0.2) is 24.7 Å². The van der Waals surface area contributed by atoms with Crippen LogP contribution in [0.2, 0.25) is 0 Å². The third-order valence-corrected chi connectivity index (χ3v) is 7.97. The summed E-state index contributed by atoms with van der Waals surface area (Å²) in [6, 6.07) is 5.76. The van der Waals surface area contributed by atoms with Crippen LogP contribution in [-0.4, -0.2) is 76.7 Å². The zero-order valence-corrected chi connectivity index (χ0v) is 21.4. The Hall–Kier alpha value is -3.29. The molecule has 1 spiro atoms. The zero-order chi connectivity index (χ0) is 25.7. The zero-order valence-electron chi connectivity index (χ0n) is 21.4. The summed E-state index contributed by atoms with van der Waals surface area (Å²) >= 11 is 0. The van der Waals surface area contributed by atoms with Gasteiger partial charge in [0.2, 0.25) is 5.91 Å². The molecule has 1 aliphatic carbocycles. The van der Waals surface area contributed by atoms with Gasteiger partial charge in [-0.05, 0) is 45.7 Å². The number of nitriles is 1. The highest BCUT2D eigenvalue weighted by Gasteiger charge is 2.52. The summed E-state index contributed by atoms with van der Waals surface area (Å²) in [6.07, 6.45) is 6.60. The number of nitrogens with two attached hydrogens (primary N) is 1. The first-order valence-corrected chi connectivity index (χ1v) is 12.6. The fraction of sp³-hybridized carbons (Fsp3) is 0.577. The second-order valence-electron chi connectivity index (χ2n) is 10.8. The number of methoxy groups -OCH3 is 1. The van der Waals surface area contributed by atoms with Crippen LogP contribution in [0.5, 0.6) is 0 Å². The molecule has 1 amide bonds. The minimum atomic E-state index is -1.07. The molecule has 4 heterocycles. The molecule has 3 atom stereocenters. The maximum Gasteiger partial charge on any atom is 0.245 e. The SMILES string of the molecule is COC[C@](C)(N)C(=O)N1C[C@H](C)N(c2ncnc3c2C2(CCC2)CN3c2cc(C#N)ccn2)C[C@H]1C. The lowest BCUT2D eigenvalue weighted by molar-refractivity contribution is -0.141. The standard InChI is InChI=1S/C26H34N8O2/c1-17-13-33(24(35)25(3,28)15-36-4)18(2)12-32(17)22-21-23(31-16-30-22)34(14-26(21)7-5-8-26)20-10-19(11-27)6-9-29-20/h6,9-10,16-18H,5,7-8,12-15,28H2,1-4H3/t17-,18+,25-/m0/s1. The number of hydrogen-bond acceptors (Lipinski definition) is 9. The molecular formula is C26H34N8O2. The summed E-state index contributed by atoms with van der Waals surface area (Å²) in [5, 5.41) is 9.40. The second kappa shape index (κ2) is 8.98. The second-order valence-corrected chi connectivity index (χ2v) is 10.8. The molecule has 10 heteroatoms. The van der Waals surface area contributed by atoms with Crippen molar-refractivity contribution in [3.8, 4) is 6.07 Å². The van der Waals surface area contributed by atoms with Crippen LogP contribution in [0.1, 0.15) is 51.2 Å². The highest BCUT2D eigenvalue weighted by Crippen LogP contribution is 2.56. The number of pyridine rings is 1. The van der Waals surface area contributed by atoms with E-state index in [9.17, 15) is 10.1 Å². The van der Waals surface area contributed by atoms with Crippen LogP contribution in [0.3, 0.4) is 0 Å². The minimum Gasteiger partial charge on any atom is -0.382 e. The van der Waals surface area contributed by atoms with Crippen LogP contribution in [0, 0.1) is 11.3 Å². The van der Waals surface area contributed by atoms with E-state index in [1.165, 1.54) is 5.56 Å². The average molecular weight is 491 g/mol. The van der Waals surface area contributed by atoms with Crippen LogP contribution in [-0.2, 0) is 14.9 Å². The van der Waals surface area contributed by atoms with E-state index < -0.39 is 5.54 Å². The van der Waals surface area contributed by atoms with Crippen LogP contribution < -0.4 is 15.5 Å². The monoisotopic (exact) mass is 490 g/mol. The normalized spacial score (nSPS) is 24.2. The van der Waals surface area contributed by atoms with Crippen molar-refractivity contribution in [3.63, 3.8) is 0 Å². The maximum atomic E-state index is 13.2. The van der Waals surface area contributed by atoms with Crippen molar-refractivity contribution in [3.05, 3.63) is 35.8 Å². The average Bonchev–Trinajstić information content (AvgIpc) is 3.21. The van der Waals surface area contributed by atoms with Gasteiger partial charge in [0.25, 0.3) is 0 Å². The summed E-state index contributed by atoms with van der Waals surface area (Å²) in [7, 11) is 1.56. The van der Waals surface area contributed by atoms with E-state index in [-0.39, 0.29) is 30.0 Å². The molecule has 5 rings (SSSR count). The summed E-state index contributed by atoms with van der Waals surface area (Å²) in [5.41, 5.74) is 6.95. The van der Waals surface area contributed by atoms with Gasteiger partial charge in [-0.3, -0.25) is 4.79 Å². The van der Waals surface area contributed by atoms with Crippen LogP contribution >= 0.6 is 0 Å². The summed E-state index contributed by atoms with van der Waals surface area (Å²) in [5.74, 6) is 2.45. The van der Waals surface area contributed by atoms with E-state index in [1.807, 2.05) is 11.0 Å². The van der Waals surface area contributed by atoms with Crippen molar-refractivity contribution in [2.24, 2.45) is 5.73 Å². The molecule has 0 unspecified atom stereocenters. The van der Waals surface area contributed by atoms with Crippen molar-refractivity contribution >= 4 is 23.4 Å². The third kappa shape index (κ3) is 3.87. The van der Waals surface area contributed by atoms with Gasteiger partial charge in [-0.25, -0.2) is 15.0 Å². The lowest BCUT2D eigenvalue weighted by Gasteiger charge is -2.48. The number of nitrogens with zero attached hydrogens (tertiary/aromatic N) is 7. The Labute approximate surface area is 212 Å². The van der Waals surface area contributed by atoms with E-state index in [2.05, 4.69) is 34.7 Å². The molecule has 2 aromatic heterocycles. The number of aromatic nitrogens is 3. The van der Waals surface area contributed by atoms with Gasteiger partial charge in [0.1, 0.15) is 29.3 Å². The molecule has 2 aliphatic heterocycles. The molecule has 1 saturated carbocycles. The molecule has 2 fully saturated rings. The third-order valence-electron chi connectivity index (χ3n) is 7.97. The first kappa shape index (κ1) is 24.4. The van der Waals surface area contributed by atoms with Crippen LogP contribution in [0.25, 0.3) is 0 Å². The Morgan fingerprint density at radius 3 is 2.67 bits per heavy atom. The fourth-order valence-corrected chi connectivity index (χ4v) is 5.95. The number of amides is 1. The molecule has 0 aromatic carbocycles. The quantitative estimate of drug-likeness (QED) is 0.671. The molecule has 10 nitrogen and oxygen atoms in total. The van der Waals surface area contributed by atoms with E-state index in [0.29, 0.717) is 18.7 Å². The molecule has 0 radical (unpaired) electrons. The highest BCUT2D eigenvalue weighted by molar-refractivity contribution is 5.86. The number of fused-ring (bicyclic) bond motifs is 2. The van der Waals surface area contributed by atoms with Gasteiger partial charge in [-0.15, -0.1) is 0 Å². The predicted molar refractivity (Wildman–Crippen MR) is 136 cm³/mol. The first-order valence-electron chi connectivity index (χ1n) is 12.6. The van der Waals surface area contributed by atoms with E-state index in [4.69, 9.17) is 20.4 Å². The number of ether oxygens (including phenoxy) is 1. The molecule has 0 bridgehead atoms. The number of carbonyl (C=O) groups is 1. The predicted octanol–water partition coefficient (Wildman–Crippen LogP) is 2.11. The number of piperazine rings is 1. The summed E-state index contributed by atoms with van der Waals surface area (Å²) in [6.45, 7) is 8.07. The smallest absolute Gasteiger partial charge is 0.245 e. The fourth-order valence-electron chi connectivity index (χ4n) is 5.95. The number of carbonyl (C=O) groups excluding carboxylic acids is 1. The summed E-state index contributed by atoms with van der Waals surface area (Å²) in [4.78, 5) is 33.7. The maximum absolute atomic E-state index is 13.2. The molecular weight excluding hydrogens is 456 g/mol. The van der Waals surface area contributed by atoms with E-state index in [0.717, 1.165) is 43.3 Å². The van der Waals surface area contributed by atoms with E-state index in [1.54, 1.807) is 32.6 Å². The van der Waals surface area contributed by atoms with Crippen molar-refractivity contribution in [1.29, 1.82) is 5.26 Å². The van der Waals surface area contributed by atoms with Gasteiger partial charge >= 0.3 is 0 Å². The van der Waals surface area contributed by atoms with Gasteiger partial charge < -0.3 is 25.2 Å². The number of rotatable bonds is 5. The minimum absolute atomic E-state index is 0.0273. The number of hydrogen-bond donors (Lipinski definition) is 1. The van der Waals surface area contributed by atoms with Gasteiger partial charge in [0, 0.05) is 56.0 Å². The topological polar surface area (TPSA) is 124 Å². The Balaban J connectivity index is 1.49. The lowest BCUT2D eigenvalue weighted by Crippen LogP contribution is -2.65. The van der Waals surface area contributed by atoms with Crippen LogP contribution in [0.4, 0.5) is 17.5 Å². The van der Waals surface area contributed by atoms with E-state index >= 15 is 0 Å². The van der Waals surface area contributed by atoms with Gasteiger partial charge in [-0.2, -0.15) is 5.26 Å². The highest BCUT2D eigenvalue weighted by atomic mass is 16.5. The van der Waals surface area contributed by atoms with Crippen molar-refractivity contribution in [2.75, 3.05) is 43.2 Å². The Morgan fingerprint density at radius 2 is 2.00 bits per heavy atom. The van der Waals surface area contributed by atoms with Crippen molar-refractivity contribution < 1.29 is 9.53 Å². The van der Waals surface area contributed by atoms with Gasteiger partial charge in [0.05, 0.1) is 18.2 Å². The molecule has 1 saturated heterocycles. The molecule has 36 heavy (non-hydrogen) atoms. The first-order chi connectivity index (χ1) is 17.2. The molecule has 3 aliphatic rings. The van der Waals surface area contributed by atoms with Crippen molar-refractivity contribution in [2.45, 2.75) is 63.1 Å². The molecule has 190 valence electrons. The Kier molecular flexibility index (Phi) is 6.09. The number of anilines is 3. The van der Waals surface area contributed by atoms with Gasteiger partial charge in [-0.1, -0.05) is 6.42 Å². The molecule has 2 aromatic rings. The van der Waals surface area contributed by atoms with Gasteiger partial charge in [0.15, 0.2) is 0 Å². The largest absolute Gasteiger partial charge is 0.382 e. The Bertz CT molecular complexity index is 1200. The summed E-state index contributed by atoms with van der Waals surface area (Å²) < 4.78 is 5.20. The van der Waals surface area contributed by atoms with Crippen molar-refractivity contribution in [1.82, 2.24) is 19.9 Å². The molecule has 2 N–H and O–H groups in total.